The van der Waals surface area contributed by atoms with Crippen LogP contribution in [0.25, 0.3) is 6.08 Å². The van der Waals surface area contributed by atoms with Crippen molar-refractivity contribution in [1.29, 1.82) is 0 Å². The molecule has 0 heterocycles. The highest BCUT2D eigenvalue weighted by Gasteiger charge is 2.02. The summed E-state index contributed by atoms with van der Waals surface area (Å²) in [6.07, 6.45) is 2.95. The van der Waals surface area contributed by atoms with Crippen LogP contribution < -0.4 is 4.74 Å². The lowest BCUT2D eigenvalue weighted by atomic mass is 10.2. The van der Waals surface area contributed by atoms with E-state index in [4.69, 9.17) is 4.74 Å². The largest absolute Gasteiger partial charge is 0.494 e. The Balaban J connectivity index is 2.83. The van der Waals surface area contributed by atoms with E-state index in [9.17, 15) is 9.18 Å². The summed E-state index contributed by atoms with van der Waals surface area (Å²) in [4.78, 5) is 12.7. The van der Waals surface area contributed by atoms with E-state index in [-0.39, 0.29) is 11.7 Å². The molecule has 0 aliphatic heterocycles. The van der Waals surface area contributed by atoms with Gasteiger partial charge in [0.2, 0.25) is 5.91 Å². The van der Waals surface area contributed by atoms with Crippen LogP contribution in [0.3, 0.4) is 0 Å². The van der Waals surface area contributed by atoms with Crippen LogP contribution in [-0.4, -0.2) is 32.0 Å². The molecule has 1 amide bonds. The molecule has 1 aromatic carbocycles. The first kappa shape index (κ1) is 12.2. The van der Waals surface area contributed by atoms with E-state index in [0.717, 1.165) is 0 Å². The van der Waals surface area contributed by atoms with Crippen molar-refractivity contribution in [2.45, 2.75) is 0 Å². The van der Waals surface area contributed by atoms with E-state index in [0.29, 0.717) is 5.56 Å². The summed E-state index contributed by atoms with van der Waals surface area (Å²) in [6, 6.07) is 4.52. The monoisotopic (exact) mass is 223 g/mol. The van der Waals surface area contributed by atoms with E-state index < -0.39 is 5.82 Å². The summed E-state index contributed by atoms with van der Waals surface area (Å²) in [5.41, 5.74) is 0.619. The highest BCUT2D eigenvalue weighted by Crippen LogP contribution is 2.18. The van der Waals surface area contributed by atoms with Crippen molar-refractivity contribution in [3.63, 3.8) is 0 Å². The van der Waals surface area contributed by atoms with Gasteiger partial charge in [0.1, 0.15) is 0 Å². The van der Waals surface area contributed by atoms with Crippen LogP contribution in [0.1, 0.15) is 5.56 Å². The number of halogens is 1. The topological polar surface area (TPSA) is 29.5 Å². The van der Waals surface area contributed by atoms with Crippen LogP contribution in [0.4, 0.5) is 4.39 Å². The van der Waals surface area contributed by atoms with Gasteiger partial charge < -0.3 is 9.64 Å². The predicted molar refractivity (Wildman–Crippen MR) is 60.7 cm³/mol. The molecular formula is C12H14FNO2. The Hall–Kier alpha value is -1.84. The third-order valence-electron chi connectivity index (χ3n) is 2.03. The lowest BCUT2D eigenvalue weighted by molar-refractivity contribution is -0.123. The van der Waals surface area contributed by atoms with Gasteiger partial charge in [0.05, 0.1) is 7.11 Å². The smallest absolute Gasteiger partial charge is 0.246 e. The maximum Gasteiger partial charge on any atom is 0.246 e. The molecule has 0 saturated heterocycles. The molecule has 0 atom stereocenters. The number of likely N-dealkylation sites (N-methyl/N-ethyl adjacent to an activating group) is 1. The Kier molecular flexibility index (Phi) is 4.05. The first-order chi connectivity index (χ1) is 7.54. The van der Waals surface area contributed by atoms with Gasteiger partial charge in [-0.3, -0.25) is 4.79 Å². The number of methoxy groups -OCH3 is 1. The average molecular weight is 223 g/mol. The molecular weight excluding hydrogens is 209 g/mol. The van der Waals surface area contributed by atoms with Crippen LogP contribution in [-0.2, 0) is 4.79 Å². The molecule has 0 spiro atoms. The molecule has 0 fully saturated rings. The molecule has 1 aromatic rings. The van der Waals surface area contributed by atoms with Crippen LogP contribution in [0.2, 0.25) is 0 Å². The Morgan fingerprint density at radius 3 is 2.62 bits per heavy atom. The second-order valence-electron chi connectivity index (χ2n) is 3.46. The Labute approximate surface area is 94.1 Å². The normalized spacial score (nSPS) is 10.5. The van der Waals surface area contributed by atoms with Crippen molar-refractivity contribution < 1.29 is 13.9 Å². The molecule has 0 aliphatic carbocycles. The van der Waals surface area contributed by atoms with Crippen molar-refractivity contribution in [2.75, 3.05) is 21.2 Å². The second kappa shape index (κ2) is 5.30. The number of rotatable bonds is 3. The van der Waals surface area contributed by atoms with Gasteiger partial charge in [-0.05, 0) is 23.8 Å². The molecule has 3 nitrogen and oxygen atoms in total. The molecule has 86 valence electrons. The third kappa shape index (κ3) is 3.08. The lowest BCUT2D eigenvalue weighted by Gasteiger charge is -2.05. The highest BCUT2D eigenvalue weighted by atomic mass is 19.1. The molecule has 0 N–H and O–H groups in total. The summed E-state index contributed by atoms with van der Waals surface area (Å²) in [5.74, 6) is -0.394. The Morgan fingerprint density at radius 2 is 2.12 bits per heavy atom. The van der Waals surface area contributed by atoms with E-state index in [1.807, 2.05) is 0 Å². The molecule has 0 aliphatic rings. The van der Waals surface area contributed by atoms with Crippen molar-refractivity contribution >= 4 is 12.0 Å². The zero-order chi connectivity index (χ0) is 12.1. The fourth-order valence-electron chi connectivity index (χ4n) is 1.10. The number of benzene rings is 1. The zero-order valence-electron chi connectivity index (χ0n) is 9.53. The zero-order valence-corrected chi connectivity index (χ0v) is 9.53. The SMILES string of the molecule is COc1ccc(C=CC(=O)N(C)C)cc1F. The van der Waals surface area contributed by atoms with Crippen molar-refractivity contribution in [1.82, 2.24) is 4.90 Å². The van der Waals surface area contributed by atoms with Crippen LogP contribution >= 0.6 is 0 Å². The maximum absolute atomic E-state index is 13.3. The summed E-state index contributed by atoms with van der Waals surface area (Å²) in [5, 5.41) is 0. The van der Waals surface area contributed by atoms with Gasteiger partial charge >= 0.3 is 0 Å². The molecule has 1 rings (SSSR count). The van der Waals surface area contributed by atoms with Crippen LogP contribution in [0.5, 0.6) is 5.75 Å². The average Bonchev–Trinajstić information content (AvgIpc) is 2.25. The van der Waals surface area contributed by atoms with E-state index >= 15 is 0 Å². The summed E-state index contributed by atoms with van der Waals surface area (Å²) >= 11 is 0. The number of carbonyl (C=O) groups excluding carboxylic acids is 1. The van der Waals surface area contributed by atoms with E-state index in [2.05, 4.69) is 0 Å². The minimum atomic E-state index is -0.443. The summed E-state index contributed by atoms with van der Waals surface area (Å²) < 4.78 is 18.1. The number of hydrogen-bond donors (Lipinski definition) is 0. The summed E-state index contributed by atoms with van der Waals surface area (Å²) in [7, 11) is 4.71. The number of nitrogens with zero attached hydrogens (tertiary/aromatic N) is 1. The van der Waals surface area contributed by atoms with Gasteiger partial charge in [0, 0.05) is 20.2 Å². The van der Waals surface area contributed by atoms with Crippen molar-refractivity contribution in [2.24, 2.45) is 0 Å². The quantitative estimate of drug-likeness (QED) is 0.733. The first-order valence-corrected chi connectivity index (χ1v) is 4.77. The van der Waals surface area contributed by atoms with Crippen LogP contribution in [0, 0.1) is 5.82 Å². The fourth-order valence-corrected chi connectivity index (χ4v) is 1.10. The number of hydrogen-bond acceptors (Lipinski definition) is 2. The minimum Gasteiger partial charge on any atom is -0.494 e. The summed E-state index contributed by atoms with van der Waals surface area (Å²) in [6.45, 7) is 0. The van der Waals surface area contributed by atoms with E-state index in [1.54, 1.807) is 26.2 Å². The van der Waals surface area contributed by atoms with Gasteiger partial charge in [-0.1, -0.05) is 6.07 Å². The van der Waals surface area contributed by atoms with Gasteiger partial charge in [-0.25, -0.2) is 4.39 Å². The number of amides is 1. The van der Waals surface area contributed by atoms with Gasteiger partial charge in [-0.2, -0.15) is 0 Å². The number of ether oxygens (including phenoxy) is 1. The third-order valence-corrected chi connectivity index (χ3v) is 2.03. The minimum absolute atomic E-state index is 0.142. The molecule has 0 radical (unpaired) electrons. The van der Waals surface area contributed by atoms with Crippen LogP contribution in [0.15, 0.2) is 24.3 Å². The standard InChI is InChI=1S/C12H14FNO2/c1-14(2)12(15)7-5-9-4-6-11(16-3)10(13)8-9/h4-8H,1-3H3. The van der Waals surface area contributed by atoms with E-state index in [1.165, 1.54) is 30.2 Å². The predicted octanol–water partition coefficient (Wildman–Crippen LogP) is 1.94. The molecule has 0 saturated carbocycles. The first-order valence-electron chi connectivity index (χ1n) is 4.77. The molecule has 0 bridgehead atoms. The molecule has 4 heteroatoms. The van der Waals surface area contributed by atoms with Gasteiger partial charge in [0.25, 0.3) is 0 Å². The highest BCUT2D eigenvalue weighted by molar-refractivity contribution is 5.91. The number of carbonyl (C=O) groups is 1. The van der Waals surface area contributed by atoms with Crippen molar-refractivity contribution in [3.8, 4) is 5.75 Å². The molecule has 16 heavy (non-hydrogen) atoms. The fraction of sp³-hybridized carbons (Fsp3) is 0.250. The van der Waals surface area contributed by atoms with Crippen molar-refractivity contribution in [3.05, 3.63) is 35.7 Å². The Bertz CT molecular complexity index is 413. The maximum atomic E-state index is 13.3. The Morgan fingerprint density at radius 1 is 1.44 bits per heavy atom. The molecule has 0 aromatic heterocycles. The molecule has 0 unspecified atom stereocenters. The lowest BCUT2D eigenvalue weighted by Crippen LogP contribution is -2.18. The second-order valence-corrected chi connectivity index (χ2v) is 3.46. The van der Waals surface area contributed by atoms with Gasteiger partial charge in [0.15, 0.2) is 11.6 Å². The van der Waals surface area contributed by atoms with Gasteiger partial charge in [-0.15, -0.1) is 0 Å².